The molecule has 0 spiro atoms. The van der Waals surface area contributed by atoms with E-state index in [0.29, 0.717) is 30.0 Å². The van der Waals surface area contributed by atoms with Gasteiger partial charge in [0.1, 0.15) is 11.5 Å². The predicted octanol–water partition coefficient (Wildman–Crippen LogP) is 4.69. The quantitative estimate of drug-likeness (QED) is 0.540. The molecule has 8 nitrogen and oxygen atoms in total. The van der Waals surface area contributed by atoms with Gasteiger partial charge in [0.2, 0.25) is 5.69 Å². The molecule has 0 unspecified atom stereocenters. The van der Waals surface area contributed by atoms with Gasteiger partial charge in [0.25, 0.3) is 5.91 Å². The summed E-state index contributed by atoms with van der Waals surface area (Å²) in [6.07, 6.45) is 0. The predicted molar refractivity (Wildman–Crippen MR) is 118 cm³/mol. The van der Waals surface area contributed by atoms with Crippen LogP contribution in [-0.2, 0) is 13.1 Å². The van der Waals surface area contributed by atoms with Crippen molar-refractivity contribution in [2.24, 2.45) is 5.73 Å². The van der Waals surface area contributed by atoms with E-state index < -0.39 is 17.8 Å². The van der Waals surface area contributed by atoms with E-state index in [4.69, 9.17) is 35.5 Å². The molecule has 0 aliphatic carbocycles. The van der Waals surface area contributed by atoms with Crippen LogP contribution >= 0.6 is 23.2 Å². The first-order chi connectivity index (χ1) is 15.3. The second-order valence-corrected chi connectivity index (χ2v) is 7.89. The summed E-state index contributed by atoms with van der Waals surface area (Å²) >= 11 is 12.0. The summed E-state index contributed by atoms with van der Waals surface area (Å²) < 4.78 is 15.4. The van der Waals surface area contributed by atoms with Crippen LogP contribution in [0, 0.1) is 12.4 Å². The van der Waals surface area contributed by atoms with Crippen LogP contribution < -0.4 is 11.1 Å². The summed E-state index contributed by atoms with van der Waals surface area (Å²) in [5.74, 6) is -1.32. The van der Waals surface area contributed by atoms with Gasteiger partial charge in [0, 0.05) is 27.8 Å². The number of carbonyl (C=O) groups is 2. The molecule has 3 N–H and O–H groups in total. The molecule has 0 radical (unpaired) electrons. The number of amides is 3. The van der Waals surface area contributed by atoms with Crippen molar-refractivity contribution < 1.29 is 14.0 Å². The number of halogens is 3. The first kappa shape index (κ1) is 21.6. The standard InChI is InChI=1S/C21H15Cl2FN6O2/c1-26-16-3-2-14(9-15(16)23)27-21(32)29-4-5-30-17(10-29)18(20(25)31)19(28-30)11-6-12(22)8-13(24)7-11/h2-3,6-9H,4-5,10H2,(H2,25,31)(H,27,32). The highest BCUT2D eigenvalue weighted by Gasteiger charge is 2.30. The Labute approximate surface area is 192 Å². The molecule has 1 aromatic heterocycles. The van der Waals surface area contributed by atoms with Gasteiger partial charge in [-0.25, -0.2) is 14.0 Å². The zero-order valence-electron chi connectivity index (χ0n) is 16.4. The van der Waals surface area contributed by atoms with Gasteiger partial charge in [0.15, 0.2) is 0 Å². The topological polar surface area (TPSA) is 97.6 Å². The Morgan fingerprint density at radius 2 is 1.97 bits per heavy atom. The van der Waals surface area contributed by atoms with Crippen molar-refractivity contribution in [2.75, 3.05) is 11.9 Å². The van der Waals surface area contributed by atoms with Gasteiger partial charge in [-0.1, -0.05) is 29.3 Å². The maximum Gasteiger partial charge on any atom is 0.322 e. The number of aromatic nitrogens is 2. The summed E-state index contributed by atoms with van der Waals surface area (Å²) in [4.78, 5) is 29.8. The lowest BCUT2D eigenvalue weighted by atomic mass is 10.0. The Hall–Kier alpha value is -3.61. The molecule has 0 bridgehead atoms. The molecule has 0 fully saturated rings. The number of carbonyl (C=O) groups excluding carboxylic acids is 2. The summed E-state index contributed by atoms with van der Waals surface area (Å²) in [7, 11) is 0. The molecule has 162 valence electrons. The summed E-state index contributed by atoms with van der Waals surface area (Å²) in [5, 5.41) is 7.53. The fourth-order valence-electron chi connectivity index (χ4n) is 3.52. The largest absolute Gasteiger partial charge is 0.365 e. The second-order valence-electron chi connectivity index (χ2n) is 7.05. The number of urea groups is 1. The van der Waals surface area contributed by atoms with E-state index in [1.807, 2.05) is 0 Å². The first-order valence-electron chi connectivity index (χ1n) is 9.35. The molecule has 2 heterocycles. The molecule has 32 heavy (non-hydrogen) atoms. The van der Waals surface area contributed by atoms with Crippen LogP contribution in [0.1, 0.15) is 16.1 Å². The zero-order valence-corrected chi connectivity index (χ0v) is 17.9. The molecule has 0 saturated carbocycles. The van der Waals surface area contributed by atoms with Crippen LogP contribution in [0.15, 0.2) is 36.4 Å². The molecule has 3 amide bonds. The highest BCUT2D eigenvalue weighted by Crippen LogP contribution is 2.31. The van der Waals surface area contributed by atoms with Crippen molar-refractivity contribution in [2.45, 2.75) is 13.1 Å². The summed E-state index contributed by atoms with van der Waals surface area (Å²) in [5.41, 5.74) is 7.38. The van der Waals surface area contributed by atoms with Crippen LogP contribution in [0.2, 0.25) is 10.0 Å². The lowest BCUT2D eigenvalue weighted by Gasteiger charge is -2.28. The first-order valence-corrected chi connectivity index (χ1v) is 10.1. The minimum atomic E-state index is -0.745. The minimum absolute atomic E-state index is 0.0635. The molecular weight excluding hydrogens is 458 g/mol. The molecule has 1 aliphatic heterocycles. The lowest BCUT2D eigenvalue weighted by molar-refractivity contribution is 0.0997. The van der Waals surface area contributed by atoms with Crippen molar-refractivity contribution >= 4 is 46.5 Å². The smallest absolute Gasteiger partial charge is 0.322 e. The third kappa shape index (κ3) is 4.10. The number of fused-ring (bicyclic) bond motifs is 1. The third-order valence-corrected chi connectivity index (χ3v) is 5.49. The highest BCUT2D eigenvalue weighted by atomic mass is 35.5. The van der Waals surface area contributed by atoms with Crippen LogP contribution in [0.4, 0.5) is 20.6 Å². The molecular formula is C21H15Cl2FN6O2. The number of hydrogen-bond acceptors (Lipinski definition) is 3. The van der Waals surface area contributed by atoms with Gasteiger partial charge in [-0.2, -0.15) is 5.10 Å². The Balaban J connectivity index is 1.62. The average Bonchev–Trinajstić information content (AvgIpc) is 3.12. The molecule has 1 aliphatic rings. The number of nitrogens with two attached hydrogens (primary N) is 1. The molecule has 2 aromatic carbocycles. The Kier molecular flexibility index (Phi) is 5.74. The number of hydrogen-bond donors (Lipinski definition) is 2. The summed E-state index contributed by atoms with van der Waals surface area (Å²) in [6.45, 7) is 7.73. The average molecular weight is 473 g/mol. The van der Waals surface area contributed by atoms with Crippen molar-refractivity contribution in [3.05, 3.63) is 74.9 Å². The SMILES string of the molecule is [C-]#[N+]c1ccc(NC(=O)N2CCn3nc(-c4cc(F)cc(Cl)c4)c(C(N)=O)c3C2)cc1Cl. The molecule has 11 heteroatoms. The maximum absolute atomic E-state index is 13.9. The number of nitrogens with zero attached hydrogens (tertiary/aromatic N) is 4. The summed E-state index contributed by atoms with van der Waals surface area (Å²) in [6, 6.07) is 8.01. The van der Waals surface area contributed by atoms with Gasteiger partial charge in [0.05, 0.1) is 30.9 Å². The van der Waals surface area contributed by atoms with E-state index >= 15 is 0 Å². The number of rotatable bonds is 3. The molecule has 0 saturated heterocycles. The van der Waals surface area contributed by atoms with Crippen molar-refractivity contribution in [3.63, 3.8) is 0 Å². The Morgan fingerprint density at radius 3 is 2.62 bits per heavy atom. The van der Waals surface area contributed by atoms with Gasteiger partial charge >= 0.3 is 6.03 Å². The van der Waals surface area contributed by atoms with E-state index in [2.05, 4.69) is 15.3 Å². The van der Waals surface area contributed by atoms with Crippen molar-refractivity contribution in [1.82, 2.24) is 14.7 Å². The zero-order chi connectivity index (χ0) is 23.0. The molecule has 3 aromatic rings. The fourth-order valence-corrected chi connectivity index (χ4v) is 3.97. The van der Waals surface area contributed by atoms with E-state index in [0.717, 1.165) is 6.07 Å². The van der Waals surface area contributed by atoms with Gasteiger partial charge in [-0.05, 0) is 30.3 Å². The van der Waals surface area contributed by atoms with Crippen molar-refractivity contribution in [3.8, 4) is 11.3 Å². The Bertz CT molecular complexity index is 1280. The van der Waals surface area contributed by atoms with E-state index in [9.17, 15) is 14.0 Å². The maximum atomic E-state index is 13.9. The van der Waals surface area contributed by atoms with Crippen LogP contribution in [0.3, 0.4) is 0 Å². The van der Waals surface area contributed by atoms with Crippen molar-refractivity contribution in [1.29, 1.82) is 0 Å². The number of anilines is 1. The van der Waals surface area contributed by atoms with Gasteiger partial charge in [-0.3, -0.25) is 9.48 Å². The van der Waals surface area contributed by atoms with Crippen LogP contribution in [-0.4, -0.2) is 33.2 Å². The second kappa shape index (κ2) is 8.49. The van der Waals surface area contributed by atoms with E-state index in [-0.39, 0.29) is 33.5 Å². The van der Waals surface area contributed by atoms with Gasteiger partial charge < -0.3 is 16.0 Å². The van der Waals surface area contributed by atoms with Crippen LogP contribution in [0.25, 0.3) is 16.1 Å². The normalized spacial score (nSPS) is 12.8. The number of nitrogens with one attached hydrogen (secondary N) is 1. The fraction of sp³-hybridized carbons (Fsp3) is 0.143. The molecule has 0 atom stereocenters. The van der Waals surface area contributed by atoms with E-state index in [1.54, 1.807) is 10.7 Å². The lowest BCUT2D eigenvalue weighted by Crippen LogP contribution is -2.41. The number of primary amides is 1. The third-order valence-electron chi connectivity index (χ3n) is 4.97. The minimum Gasteiger partial charge on any atom is -0.365 e. The van der Waals surface area contributed by atoms with Crippen LogP contribution in [0.5, 0.6) is 0 Å². The monoisotopic (exact) mass is 472 g/mol. The molecule has 4 rings (SSSR count). The van der Waals surface area contributed by atoms with Gasteiger partial charge in [-0.15, -0.1) is 0 Å². The number of benzene rings is 2. The Morgan fingerprint density at radius 1 is 1.19 bits per heavy atom. The van der Waals surface area contributed by atoms with E-state index in [1.165, 1.54) is 29.2 Å². The highest BCUT2D eigenvalue weighted by molar-refractivity contribution is 6.33.